The van der Waals surface area contributed by atoms with Gasteiger partial charge in [0.2, 0.25) is 0 Å². The smallest absolute Gasteiger partial charge is 0.333 e. The summed E-state index contributed by atoms with van der Waals surface area (Å²) in [6.45, 7) is 11.2. The Bertz CT molecular complexity index is 275. The van der Waals surface area contributed by atoms with Crippen molar-refractivity contribution in [1.29, 1.82) is 0 Å². The number of esters is 2. The fourth-order valence-corrected chi connectivity index (χ4v) is 0.881. The fourth-order valence-electron chi connectivity index (χ4n) is 0.881. The highest BCUT2D eigenvalue weighted by molar-refractivity contribution is 5.88. The second-order valence-electron chi connectivity index (χ2n) is 3.54. The first kappa shape index (κ1) is 15.4. The molecular weight excluding hydrogens is 220 g/mol. The molecule has 0 aromatic carbocycles. The molecule has 0 saturated heterocycles. The monoisotopic (exact) mass is 240 g/mol. The summed E-state index contributed by atoms with van der Waals surface area (Å²) in [6, 6.07) is 0. The molecule has 0 aliphatic rings. The standard InChI is InChI=1S/C13H20O4/c1-5-10(3)12(14)16-8-7-9-17-13(15)11(4)6-2/h3-9H2,1-2H3. The number of carbonyl (C=O) groups excluding carboxylic acids is 2. The van der Waals surface area contributed by atoms with Gasteiger partial charge in [-0.15, -0.1) is 0 Å². The minimum atomic E-state index is -0.392. The van der Waals surface area contributed by atoms with E-state index in [4.69, 9.17) is 9.47 Å². The van der Waals surface area contributed by atoms with Crippen molar-refractivity contribution in [2.75, 3.05) is 13.2 Å². The summed E-state index contributed by atoms with van der Waals surface area (Å²) in [6.07, 6.45) is 1.62. The zero-order valence-corrected chi connectivity index (χ0v) is 10.6. The van der Waals surface area contributed by atoms with Crippen molar-refractivity contribution in [2.24, 2.45) is 0 Å². The van der Waals surface area contributed by atoms with E-state index in [0.717, 1.165) is 0 Å². The molecule has 0 aromatic heterocycles. The van der Waals surface area contributed by atoms with E-state index in [1.54, 1.807) is 0 Å². The first-order chi connectivity index (χ1) is 8.02. The molecule has 4 nitrogen and oxygen atoms in total. The summed E-state index contributed by atoms with van der Waals surface area (Å²) in [5.74, 6) is -0.784. The molecule has 0 spiro atoms. The maximum atomic E-state index is 11.2. The highest BCUT2D eigenvalue weighted by atomic mass is 16.5. The van der Waals surface area contributed by atoms with Crippen LogP contribution in [0, 0.1) is 0 Å². The van der Waals surface area contributed by atoms with Crippen molar-refractivity contribution in [2.45, 2.75) is 33.1 Å². The molecule has 17 heavy (non-hydrogen) atoms. The van der Waals surface area contributed by atoms with Gasteiger partial charge in [-0.3, -0.25) is 0 Å². The maximum absolute atomic E-state index is 11.2. The van der Waals surface area contributed by atoms with Crippen LogP contribution in [0.15, 0.2) is 24.3 Å². The molecular formula is C13H20O4. The molecule has 4 heteroatoms. The average molecular weight is 240 g/mol. The van der Waals surface area contributed by atoms with Gasteiger partial charge in [-0.1, -0.05) is 27.0 Å². The topological polar surface area (TPSA) is 52.6 Å². The predicted octanol–water partition coefficient (Wildman–Crippen LogP) is 2.40. The predicted molar refractivity (Wildman–Crippen MR) is 65.4 cm³/mol. The molecule has 0 amide bonds. The first-order valence-corrected chi connectivity index (χ1v) is 5.72. The third-order valence-electron chi connectivity index (χ3n) is 2.19. The molecule has 0 atom stereocenters. The Morgan fingerprint density at radius 3 is 1.53 bits per heavy atom. The Morgan fingerprint density at radius 2 is 1.24 bits per heavy atom. The molecule has 0 saturated carbocycles. The van der Waals surface area contributed by atoms with Crippen molar-refractivity contribution >= 4 is 11.9 Å². The van der Waals surface area contributed by atoms with Crippen LogP contribution in [0.1, 0.15) is 33.1 Å². The first-order valence-electron chi connectivity index (χ1n) is 5.72. The Morgan fingerprint density at radius 1 is 0.882 bits per heavy atom. The largest absolute Gasteiger partial charge is 0.462 e. The SMILES string of the molecule is C=C(CC)C(=O)OCCCOC(=O)C(=C)CC. The second kappa shape index (κ2) is 8.56. The fraction of sp³-hybridized carbons (Fsp3) is 0.538. The molecule has 0 heterocycles. The quantitative estimate of drug-likeness (QED) is 0.371. The lowest BCUT2D eigenvalue weighted by molar-refractivity contribution is -0.141. The summed E-state index contributed by atoms with van der Waals surface area (Å²) < 4.78 is 9.82. The van der Waals surface area contributed by atoms with Crippen LogP contribution in [0.3, 0.4) is 0 Å². The molecule has 0 aliphatic carbocycles. The third-order valence-corrected chi connectivity index (χ3v) is 2.19. The van der Waals surface area contributed by atoms with E-state index in [9.17, 15) is 9.59 Å². The van der Waals surface area contributed by atoms with E-state index < -0.39 is 11.9 Å². The summed E-state index contributed by atoms with van der Waals surface area (Å²) in [5, 5.41) is 0. The van der Waals surface area contributed by atoms with Crippen molar-refractivity contribution < 1.29 is 19.1 Å². The van der Waals surface area contributed by atoms with Crippen molar-refractivity contribution in [1.82, 2.24) is 0 Å². The van der Waals surface area contributed by atoms with Crippen LogP contribution >= 0.6 is 0 Å². The van der Waals surface area contributed by atoms with E-state index in [1.165, 1.54) is 0 Å². The summed E-state index contributed by atoms with van der Waals surface area (Å²) in [5.41, 5.74) is 0.891. The number of rotatable bonds is 8. The highest BCUT2D eigenvalue weighted by Gasteiger charge is 2.07. The van der Waals surface area contributed by atoms with Crippen LogP contribution in [0.25, 0.3) is 0 Å². The minimum Gasteiger partial charge on any atom is -0.462 e. The average Bonchev–Trinajstić information content (AvgIpc) is 2.35. The Hall–Kier alpha value is -1.58. The lowest BCUT2D eigenvalue weighted by Gasteiger charge is -2.07. The number of ether oxygens (including phenoxy) is 2. The van der Waals surface area contributed by atoms with Crippen LogP contribution in [-0.4, -0.2) is 25.2 Å². The zero-order valence-electron chi connectivity index (χ0n) is 10.6. The van der Waals surface area contributed by atoms with Gasteiger partial charge >= 0.3 is 11.9 Å². The van der Waals surface area contributed by atoms with Gasteiger partial charge in [-0.05, 0) is 12.8 Å². The normalized spacial score (nSPS) is 9.53. The maximum Gasteiger partial charge on any atom is 0.333 e. The number of carbonyl (C=O) groups is 2. The Kier molecular flexibility index (Phi) is 7.76. The summed E-state index contributed by atoms with van der Waals surface area (Å²) >= 11 is 0. The van der Waals surface area contributed by atoms with Gasteiger partial charge in [0, 0.05) is 17.6 Å². The molecule has 0 aromatic rings. The van der Waals surface area contributed by atoms with Crippen LogP contribution in [-0.2, 0) is 19.1 Å². The van der Waals surface area contributed by atoms with Gasteiger partial charge in [0.25, 0.3) is 0 Å². The molecule has 0 unspecified atom stereocenters. The Balaban J connectivity index is 3.60. The summed E-state index contributed by atoms with van der Waals surface area (Å²) in [4.78, 5) is 22.4. The van der Waals surface area contributed by atoms with Gasteiger partial charge in [-0.2, -0.15) is 0 Å². The van der Waals surface area contributed by atoms with E-state index in [-0.39, 0.29) is 13.2 Å². The molecule has 96 valence electrons. The molecule has 0 bridgehead atoms. The lowest BCUT2D eigenvalue weighted by Crippen LogP contribution is -2.12. The molecule has 0 fully saturated rings. The minimum absolute atomic E-state index is 0.226. The molecule has 0 N–H and O–H groups in total. The number of hydrogen-bond acceptors (Lipinski definition) is 4. The summed E-state index contributed by atoms with van der Waals surface area (Å²) in [7, 11) is 0. The molecule has 0 rings (SSSR count). The van der Waals surface area contributed by atoms with E-state index in [0.29, 0.717) is 30.4 Å². The van der Waals surface area contributed by atoms with Crippen LogP contribution < -0.4 is 0 Å². The van der Waals surface area contributed by atoms with Gasteiger partial charge in [-0.25, -0.2) is 9.59 Å². The van der Waals surface area contributed by atoms with Crippen LogP contribution in [0.5, 0.6) is 0 Å². The molecule has 0 radical (unpaired) electrons. The van der Waals surface area contributed by atoms with E-state index in [2.05, 4.69) is 13.2 Å². The number of hydrogen-bond donors (Lipinski definition) is 0. The van der Waals surface area contributed by atoms with Crippen molar-refractivity contribution in [3.63, 3.8) is 0 Å². The van der Waals surface area contributed by atoms with Crippen molar-refractivity contribution in [3.05, 3.63) is 24.3 Å². The van der Waals surface area contributed by atoms with Gasteiger partial charge in [0.15, 0.2) is 0 Å². The Labute approximate surface area is 102 Å². The second-order valence-corrected chi connectivity index (χ2v) is 3.54. The van der Waals surface area contributed by atoms with E-state index >= 15 is 0 Å². The zero-order chi connectivity index (χ0) is 13.3. The molecule has 0 aliphatic heterocycles. The van der Waals surface area contributed by atoms with Crippen molar-refractivity contribution in [3.8, 4) is 0 Å². The third kappa shape index (κ3) is 6.56. The van der Waals surface area contributed by atoms with Gasteiger partial charge < -0.3 is 9.47 Å². The van der Waals surface area contributed by atoms with E-state index in [1.807, 2.05) is 13.8 Å². The van der Waals surface area contributed by atoms with Crippen LogP contribution in [0.4, 0.5) is 0 Å². The van der Waals surface area contributed by atoms with Gasteiger partial charge in [0.05, 0.1) is 13.2 Å². The highest BCUT2D eigenvalue weighted by Crippen LogP contribution is 2.02. The van der Waals surface area contributed by atoms with Crippen LogP contribution in [0.2, 0.25) is 0 Å². The van der Waals surface area contributed by atoms with Gasteiger partial charge in [0.1, 0.15) is 0 Å². The lowest BCUT2D eigenvalue weighted by atomic mass is 10.2.